The summed E-state index contributed by atoms with van der Waals surface area (Å²) in [5.74, 6) is 0. The zero-order valence-electron chi connectivity index (χ0n) is 14.4. The van der Waals surface area contributed by atoms with Crippen LogP contribution in [0.3, 0.4) is 0 Å². The zero-order chi connectivity index (χ0) is 17.8. The van der Waals surface area contributed by atoms with Crippen LogP contribution < -0.4 is 9.62 Å². The summed E-state index contributed by atoms with van der Waals surface area (Å²) in [6.45, 7) is 0. The summed E-state index contributed by atoms with van der Waals surface area (Å²) < 4.78 is 2.38. The van der Waals surface area contributed by atoms with E-state index in [0.717, 1.165) is 32.7 Å². The van der Waals surface area contributed by atoms with Gasteiger partial charge in [0.15, 0.2) is 10.3 Å². The van der Waals surface area contributed by atoms with E-state index in [-0.39, 0.29) is 20.1 Å². The van der Waals surface area contributed by atoms with Crippen LogP contribution in [-0.2, 0) is 20.1 Å². The predicted octanol–water partition coefficient (Wildman–Crippen LogP) is 5.73. The Morgan fingerprint density at radius 3 is 1.50 bits per heavy atom. The molecule has 2 radical (unpaired) electrons. The molecular formula is C20H12BIrN4S2. The Hall–Kier alpha value is -2.25. The van der Waals surface area contributed by atoms with Gasteiger partial charge in [-0.05, 0) is 36.4 Å². The summed E-state index contributed by atoms with van der Waals surface area (Å²) in [5, 5.41) is 1.93. The average Bonchev–Trinajstić information content (AvgIpc) is 3.41. The van der Waals surface area contributed by atoms with Crippen molar-refractivity contribution in [3.05, 3.63) is 72.8 Å². The van der Waals surface area contributed by atoms with Crippen LogP contribution in [0, 0.1) is 0 Å². The standard InChI is InChI=1S/C20H12BN4S2.Ir/c1-5-11-17-13(7-1)22-19(26-17)24-15-9-3-4-10-16(15)25(21-24)20-23-14-8-2-6-12-18(14)27-20;/h1-12H;. The Morgan fingerprint density at radius 1 is 0.607 bits per heavy atom. The fourth-order valence-corrected chi connectivity index (χ4v) is 5.24. The van der Waals surface area contributed by atoms with Crippen LogP contribution in [0.25, 0.3) is 20.4 Å². The third kappa shape index (κ3) is 2.76. The van der Waals surface area contributed by atoms with Gasteiger partial charge in [0.05, 0.1) is 31.8 Å². The van der Waals surface area contributed by atoms with E-state index in [2.05, 4.69) is 77.8 Å². The number of thiazole rings is 2. The monoisotopic (exact) mass is 576 g/mol. The summed E-state index contributed by atoms with van der Waals surface area (Å²) in [6, 6.07) is 24.9. The van der Waals surface area contributed by atoms with Crippen molar-refractivity contribution in [2.45, 2.75) is 0 Å². The minimum Gasteiger partial charge on any atom is -0.342 e. The van der Waals surface area contributed by atoms with Crippen LogP contribution in [0.15, 0.2) is 72.8 Å². The summed E-state index contributed by atoms with van der Waals surface area (Å²) in [5.41, 5.74) is 4.30. The van der Waals surface area contributed by atoms with Gasteiger partial charge in [-0.15, -0.1) is 0 Å². The maximum absolute atomic E-state index is 4.83. The Morgan fingerprint density at radius 2 is 1.04 bits per heavy atom. The maximum Gasteiger partial charge on any atom is 0.405 e. The first kappa shape index (κ1) is 17.8. The normalized spacial score (nSPS) is 12.9. The van der Waals surface area contributed by atoms with Gasteiger partial charge in [0.2, 0.25) is 0 Å². The second-order valence-corrected chi connectivity index (χ2v) is 8.29. The molecule has 3 heterocycles. The first-order valence-electron chi connectivity index (χ1n) is 8.60. The molecule has 4 nitrogen and oxygen atoms in total. The van der Waals surface area contributed by atoms with Gasteiger partial charge in [-0.3, -0.25) is 0 Å². The molecule has 0 unspecified atom stereocenters. The third-order valence-corrected chi connectivity index (χ3v) is 6.68. The molecular weight excluding hydrogens is 563 g/mol. The van der Waals surface area contributed by atoms with Crippen molar-refractivity contribution in [2.24, 2.45) is 0 Å². The van der Waals surface area contributed by atoms with Crippen LogP contribution in [0.1, 0.15) is 0 Å². The van der Waals surface area contributed by atoms with Crippen LogP contribution in [-0.4, -0.2) is 17.5 Å². The molecule has 2 aromatic heterocycles. The minimum absolute atomic E-state index is 0. The topological polar surface area (TPSA) is 32.3 Å². The molecule has 0 bridgehead atoms. The van der Waals surface area contributed by atoms with E-state index in [1.165, 1.54) is 9.40 Å². The molecule has 0 fully saturated rings. The van der Waals surface area contributed by atoms with Crippen molar-refractivity contribution < 1.29 is 20.1 Å². The molecule has 0 spiro atoms. The number of hydrogen-bond acceptors (Lipinski definition) is 6. The number of nitrogens with zero attached hydrogens (tertiary/aromatic N) is 4. The van der Waals surface area contributed by atoms with Gasteiger partial charge in [0.25, 0.3) is 0 Å². The SMILES string of the molecule is [B]1N(c2nc3ccccc3s2)c2ccccc2N1c1nc2ccccc2s1.[Ir]. The van der Waals surface area contributed by atoms with Gasteiger partial charge in [-0.2, -0.15) is 0 Å². The molecule has 6 rings (SSSR count). The van der Waals surface area contributed by atoms with Crippen LogP contribution >= 0.6 is 22.7 Å². The van der Waals surface area contributed by atoms with Gasteiger partial charge >= 0.3 is 7.55 Å². The first-order valence-corrected chi connectivity index (χ1v) is 10.2. The Kier molecular flexibility index (Phi) is 4.44. The molecule has 0 aliphatic carbocycles. The maximum atomic E-state index is 4.83. The fourth-order valence-electron chi connectivity index (χ4n) is 3.34. The number of fused-ring (bicyclic) bond motifs is 3. The largest absolute Gasteiger partial charge is 0.405 e. The van der Waals surface area contributed by atoms with Crippen molar-refractivity contribution in [2.75, 3.05) is 9.62 Å². The number of aromatic nitrogens is 2. The number of anilines is 4. The Labute approximate surface area is 184 Å². The minimum atomic E-state index is 0. The molecule has 0 atom stereocenters. The fraction of sp³-hybridized carbons (Fsp3) is 0. The summed E-state index contributed by atoms with van der Waals surface area (Å²) in [7, 11) is 2.10. The van der Waals surface area contributed by atoms with E-state index in [1.807, 2.05) is 12.1 Å². The van der Waals surface area contributed by atoms with Crippen molar-refractivity contribution in [3.63, 3.8) is 0 Å². The number of para-hydroxylation sites is 4. The van der Waals surface area contributed by atoms with Crippen molar-refractivity contribution >= 4 is 72.3 Å². The molecule has 136 valence electrons. The smallest absolute Gasteiger partial charge is 0.342 e. The van der Waals surface area contributed by atoms with E-state index < -0.39 is 0 Å². The van der Waals surface area contributed by atoms with E-state index in [0.29, 0.717) is 0 Å². The molecule has 28 heavy (non-hydrogen) atoms. The van der Waals surface area contributed by atoms with Gasteiger partial charge in [0, 0.05) is 20.1 Å². The summed E-state index contributed by atoms with van der Waals surface area (Å²) >= 11 is 3.40. The van der Waals surface area contributed by atoms with Crippen LogP contribution in [0.2, 0.25) is 0 Å². The summed E-state index contributed by atoms with van der Waals surface area (Å²) in [6.07, 6.45) is 0. The number of benzene rings is 3. The molecule has 0 amide bonds. The molecule has 5 aromatic rings. The van der Waals surface area contributed by atoms with Crippen molar-refractivity contribution in [1.29, 1.82) is 0 Å². The van der Waals surface area contributed by atoms with Crippen molar-refractivity contribution in [3.8, 4) is 0 Å². The zero-order valence-corrected chi connectivity index (χ0v) is 18.5. The average molecular weight is 576 g/mol. The van der Waals surface area contributed by atoms with Crippen LogP contribution in [0.5, 0.6) is 0 Å². The van der Waals surface area contributed by atoms with Crippen molar-refractivity contribution in [1.82, 2.24) is 9.97 Å². The second-order valence-electron chi connectivity index (χ2n) is 6.27. The Bertz CT molecular complexity index is 1140. The predicted molar refractivity (Wildman–Crippen MR) is 116 cm³/mol. The molecule has 8 heteroatoms. The van der Waals surface area contributed by atoms with Gasteiger partial charge in [0.1, 0.15) is 0 Å². The molecule has 1 aliphatic rings. The quantitative estimate of drug-likeness (QED) is 0.252. The molecule has 0 saturated heterocycles. The van der Waals surface area contributed by atoms with E-state index in [1.54, 1.807) is 22.7 Å². The van der Waals surface area contributed by atoms with E-state index in [9.17, 15) is 0 Å². The van der Waals surface area contributed by atoms with E-state index >= 15 is 0 Å². The molecule has 3 aromatic carbocycles. The summed E-state index contributed by atoms with van der Waals surface area (Å²) in [4.78, 5) is 14.0. The second kappa shape index (κ2) is 6.97. The molecule has 1 aliphatic heterocycles. The van der Waals surface area contributed by atoms with Crippen LogP contribution in [0.4, 0.5) is 21.6 Å². The third-order valence-electron chi connectivity index (χ3n) is 4.61. The number of hydrogen-bond donors (Lipinski definition) is 0. The van der Waals surface area contributed by atoms with Gasteiger partial charge in [-0.25, -0.2) is 9.97 Å². The molecule has 0 N–H and O–H groups in total. The molecule has 0 saturated carbocycles. The number of rotatable bonds is 2. The van der Waals surface area contributed by atoms with Gasteiger partial charge in [-0.1, -0.05) is 59.1 Å². The Balaban J connectivity index is 0.00000171. The van der Waals surface area contributed by atoms with Gasteiger partial charge < -0.3 is 9.62 Å². The van der Waals surface area contributed by atoms with E-state index in [4.69, 9.17) is 9.97 Å². The first-order chi connectivity index (χ1) is 13.4.